The highest BCUT2D eigenvalue weighted by molar-refractivity contribution is 6.40. The third-order valence-corrected chi connectivity index (χ3v) is 3.92. The molecule has 1 aromatic heterocycles. The number of benzene rings is 1. The molecule has 2 aromatic rings. The molecule has 0 saturated heterocycles. The van der Waals surface area contributed by atoms with Gasteiger partial charge in [-0.2, -0.15) is 0 Å². The minimum absolute atomic E-state index is 0.341. The molecule has 0 bridgehead atoms. The molecule has 0 fully saturated rings. The maximum absolute atomic E-state index is 12.2. The minimum atomic E-state index is -0.359. The molecule has 7 heteroatoms. The van der Waals surface area contributed by atoms with Gasteiger partial charge in [-0.3, -0.25) is 4.79 Å². The number of amides is 1. The lowest BCUT2D eigenvalue weighted by Crippen LogP contribution is -2.21. The molecule has 0 unspecified atom stereocenters. The number of hydrogen-bond acceptors (Lipinski definition) is 4. The summed E-state index contributed by atoms with van der Waals surface area (Å²) in [6.45, 7) is 3.00. The summed E-state index contributed by atoms with van der Waals surface area (Å²) in [5, 5.41) is 3.44. The molecule has 23 heavy (non-hydrogen) atoms. The summed E-state index contributed by atoms with van der Waals surface area (Å²) >= 11 is 12.1. The van der Waals surface area contributed by atoms with Gasteiger partial charge in [0.25, 0.3) is 5.91 Å². The Balaban J connectivity index is 2.08. The van der Waals surface area contributed by atoms with Crippen LogP contribution in [-0.4, -0.2) is 29.5 Å². The molecular weight excluding hydrogens is 335 g/mol. The second-order valence-corrected chi connectivity index (χ2v) is 5.91. The Hall–Kier alpha value is -1.85. The van der Waals surface area contributed by atoms with E-state index in [0.717, 1.165) is 19.4 Å². The number of carbonyl (C=O) groups excluding carboxylic acids is 1. The zero-order chi connectivity index (χ0) is 16.8. The molecule has 5 nitrogen and oxygen atoms in total. The highest BCUT2D eigenvalue weighted by Crippen LogP contribution is 2.30. The first-order valence-corrected chi connectivity index (χ1v) is 8.07. The third kappa shape index (κ3) is 4.56. The van der Waals surface area contributed by atoms with Gasteiger partial charge in [-0.1, -0.05) is 42.6 Å². The lowest BCUT2D eigenvalue weighted by Gasteiger charge is -2.16. The van der Waals surface area contributed by atoms with Crippen molar-refractivity contribution in [2.45, 2.75) is 19.8 Å². The Morgan fingerprint density at radius 2 is 1.83 bits per heavy atom. The molecule has 0 radical (unpaired) electrons. The Labute approximate surface area is 145 Å². The molecule has 2 rings (SSSR count). The first-order chi connectivity index (χ1) is 11.0. The normalized spacial score (nSPS) is 10.4. The quantitative estimate of drug-likeness (QED) is 0.843. The molecule has 0 atom stereocenters. The van der Waals surface area contributed by atoms with Gasteiger partial charge in [0.05, 0.1) is 21.3 Å². The number of anilines is 2. The zero-order valence-electron chi connectivity index (χ0n) is 13.0. The van der Waals surface area contributed by atoms with Gasteiger partial charge >= 0.3 is 0 Å². The van der Waals surface area contributed by atoms with Gasteiger partial charge in [-0.05, 0) is 18.6 Å². The molecule has 1 amide bonds. The van der Waals surface area contributed by atoms with Gasteiger partial charge in [0.1, 0.15) is 0 Å². The van der Waals surface area contributed by atoms with Crippen LogP contribution in [0.3, 0.4) is 0 Å². The van der Waals surface area contributed by atoms with E-state index < -0.39 is 0 Å². The second kappa shape index (κ2) is 8.13. The first kappa shape index (κ1) is 17.5. The smallest absolute Gasteiger partial charge is 0.258 e. The number of rotatable bonds is 6. The molecule has 0 spiro atoms. The number of para-hydroxylation sites is 1. The summed E-state index contributed by atoms with van der Waals surface area (Å²) in [6, 6.07) is 5.03. The number of aromatic nitrogens is 2. The van der Waals surface area contributed by atoms with E-state index in [1.807, 2.05) is 11.9 Å². The van der Waals surface area contributed by atoms with Crippen LogP contribution in [-0.2, 0) is 0 Å². The van der Waals surface area contributed by atoms with E-state index in [-0.39, 0.29) is 5.91 Å². The number of carbonyl (C=O) groups is 1. The predicted molar refractivity (Wildman–Crippen MR) is 94.6 cm³/mol. The Morgan fingerprint density at radius 3 is 2.39 bits per heavy atom. The van der Waals surface area contributed by atoms with Crippen molar-refractivity contribution >= 4 is 40.7 Å². The van der Waals surface area contributed by atoms with Crippen molar-refractivity contribution in [2.75, 3.05) is 23.8 Å². The Bertz CT molecular complexity index is 656. The molecule has 0 aliphatic rings. The van der Waals surface area contributed by atoms with Crippen molar-refractivity contribution in [1.29, 1.82) is 0 Å². The Morgan fingerprint density at radius 1 is 1.22 bits per heavy atom. The number of hydrogen-bond donors (Lipinski definition) is 1. The maximum Gasteiger partial charge on any atom is 0.258 e. The fourth-order valence-electron chi connectivity index (χ4n) is 1.93. The van der Waals surface area contributed by atoms with E-state index in [2.05, 4.69) is 22.2 Å². The van der Waals surface area contributed by atoms with E-state index >= 15 is 0 Å². The first-order valence-electron chi connectivity index (χ1n) is 7.31. The minimum Gasteiger partial charge on any atom is -0.344 e. The molecule has 0 aliphatic heterocycles. The van der Waals surface area contributed by atoms with Crippen LogP contribution in [0.2, 0.25) is 10.0 Å². The van der Waals surface area contributed by atoms with E-state index in [1.165, 1.54) is 12.4 Å². The molecule has 0 aliphatic carbocycles. The van der Waals surface area contributed by atoms with Crippen LogP contribution in [0.4, 0.5) is 11.6 Å². The highest BCUT2D eigenvalue weighted by Gasteiger charge is 2.13. The van der Waals surface area contributed by atoms with Gasteiger partial charge in [-0.25, -0.2) is 9.97 Å². The predicted octanol–water partition coefficient (Wildman–Crippen LogP) is 4.27. The zero-order valence-corrected chi connectivity index (χ0v) is 14.5. The standard InChI is InChI=1S/C16H18Cl2N4O/c1-3-4-8-22(2)16-19-9-11(10-20-16)15(23)21-14-12(17)6-5-7-13(14)18/h5-7,9-10H,3-4,8H2,1-2H3,(H,21,23). The molecule has 1 heterocycles. The summed E-state index contributed by atoms with van der Waals surface area (Å²) in [5.74, 6) is 0.230. The van der Waals surface area contributed by atoms with Crippen molar-refractivity contribution in [1.82, 2.24) is 9.97 Å². The summed E-state index contributed by atoms with van der Waals surface area (Å²) in [7, 11) is 1.92. The largest absolute Gasteiger partial charge is 0.344 e. The fourth-order valence-corrected chi connectivity index (χ4v) is 2.43. The fraction of sp³-hybridized carbons (Fsp3) is 0.312. The Kier molecular flexibility index (Phi) is 6.19. The number of halogens is 2. The SMILES string of the molecule is CCCCN(C)c1ncc(C(=O)Nc2c(Cl)cccc2Cl)cn1. The van der Waals surface area contributed by atoms with Crippen LogP contribution < -0.4 is 10.2 Å². The summed E-state index contributed by atoms with van der Waals surface area (Å²) < 4.78 is 0. The molecule has 122 valence electrons. The third-order valence-electron chi connectivity index (χ3n) is 3.29. The monoisotopic (exact) mass is 352 g/mol. The molecule has 0 saturated carbocycles. The van der Waals surface area contributed by atoms with Gasteiger partial charge < -0.3 is 10.2 Å². The summed E-state index contributed by atoms with van der Waals surface area (Å²) in [4.78, 5) is 22.7. The number of nitrogens with one attached hydrogen (secondary N) is 1. The van der Waals surface area contributed by atoms with Gasteiger partial charge in [0, 0.05) is 26.0 Å². The van der Waals surface area contributed by atoms with Crippen LogP contribution in [0, 0.1) is 0 Å². The lowest BCUT2D eigenvalue weighted by atomic mass is 10.2. The molecule has 1 aromatic carbocycles. The van der Waals surface area contributed by atoms with Gasteiger partial charge in [0.15, 0.2) is 0 Å². The van der Waals surface area contributed by atoms with Crippen LogP contribution in [0.15, 0.2) is 30.6 Å². The highest BCUT2D eigenvalue weighted by atomic mass is 35.5. The molecule has 1 N–H and O–H groups in total. The maximum atomic E-state index is 12.2. The lowest BCUT2D eigenvalue weighted by molar-refractivity contribution is 0.102. The summed E-state index contributed by atoms with van der Waals surface area (Å²) in [5.41, 5.74) is 0.721. The number of nitrogens with zero attached hydrogens (tertiary/aromatic N) is 3. The van der Waals surface area contributed by atoms with E-state index in [1.54, 1.807) is 18.2 Å². The topological polar surface area (TPSA) is 58.1 Å². The van der Waals surface area contributed by atoms with Crippen LogP contribution in [0.1, 0.15) is 30.1 Å². The summed E-state index contributed by atoms with van der Waals surface area (Å²) in [6.07, 6.45) is 5.15. The van der Waals surface area contributed by atoms with E-state index in [0.29, 0.717) is 27.2 Å². The van der Waals surface area contributed by atoms with Gasteiger partial charge in [-0.15, -0.1) is 0 Å². The van der Waals surface area contributed by atoms with Crippen LogP contribution in [0.25, 0.3) is 0 Å². The van der Waals surface area contributed by atoms with Gasteiger partial charge in [0.2, 0.25) is 5.95 Å². The van der Waals surface area contributed by atoms with Crippen molar-refractivity contribution in [2.24, 2.45) is 0 Å². The second-order valence-electron chi connectivity index (χ2n) is 5.10. The van der Waals surface area contributed by atoms with Crippen LogP contribution >= 0.6 is 23.2 Å². The number of unbranched alkanes of at least 4 members (excludes halogenated alkanes) is 1. The molecular formula is C16H18Cl2N4O. The van der Waals surface area contributed by atoms with Crippen molar-refractivity contribution in [3.63, 3.8) is 0 Å². The average molecular weight is 353 g/mol. The van der Waals surface area contributed by atoms with Crippen molar-refractivity contribution in [3.8, 4) is 0 Å². The van der Waals surface area contributed by atoms with E-state index in [9.17, 15) is 4.79 Å². The van der Waals surface area contributed by atoms with Crippen molar-refractivity contribution < 1.29 is 4.79 Å². The van der Waals surface area contributed by atoms with Crippen LogP contribution in [0.5, 0.6) is 0 Å². The van der Waals surface area contributed by atoms with Crippen molar-refractivity contribution in [3.05, 3.63) is 46.2 Å². The average Bonchev–Trinajstić information content (AvgIpc) is 2.56. The van der Waals surface area contributed by atoms with E-state index in [4.69, 9.17) is 23.2 Å².